The molecule has 3 aliphatic rings. The van der Waals surface area contributed by atoms with Gasteiger partial charge in [0, 0.05) is 28.5 Å². The van der Waals surface area contributed by atoms with Crippen LogP contribution in [0.1, 0.15) is 42.9 Å². The quantitative estimate of drug-likeness (QED) is 0.178. The van der Waals surface area contributed by atoms with Crippen molar-refractivity contribution in [3.05, 3.63) is 187 Å². The second-order valence-electron chi connectivity index (χ2n) is 15.0. The maximum Gasteiger partial charge on any atom is 0.0635 e. The minimum atomic E-state index is -0.0905. The number of rotatable bonds is 5. The molecule has 0 amide bonds. The number of nitrogens with one attached hydrogen (secondary N) is 2. The van der Waals surface area contributed by atoms with Crippen molar-refractivity contribution in [1.29, 1.82) is 0 Å². The van der Waals surface area contributed by atoms with Crippen LogP contribution in [-0.4, -0.2) is 5.54 Å². The molecule has 2 N–H and O–H groups in total. The lowest BCUT2D eigenvalue weighted by Gasteiger charge is -2.31. The molecule has 1 heterocycles. The third-order valence-corrected chi connectivity index (χ3v) is 11.5. The summed E-state index contributed by atoms with van der Waals surface area (Å²) in [4.78, 5) is 0. The molecule has 0 aromatic heterocycles. The van der Waals surface area contributed by atoms with Gasteiger partial charge in [-0.05, 0) is 121 Å². The van der Waals surface area contributed by atoms with E-state index >= 15 is 0 Å². The van der Waals surface area contributed by atoms with Crippen LogP contribution in [0.4, 0.5) is 17.1 Å². The average Bonchev–Trinajstić information content (AvgIpc) is 3.50. The Kier molecular flexibility index (Phi) is 7.08. The molecule has 0 fully saturated rings. The Balaban J connectivity index is 1.00. The second-order valence-corrected chi connectivity index (χ2v) is 15.0. The number of anilines is 3. The number of para-hydroxylation sites is 1. The van der Waals surface area contributed by atoms with Crippen molar-refractivity contribution in [2.24, 2.45) is 5.92 Å². The van der Waals surface area contributed by atoms with E-state index in [1.54, 1.807) is 0 Å². The van der Waals surface area contributed by atoms with Gasteiger partial charge in [-0.2, -0.15) is 0 Å². The van der Waals surface area contributed by atoms with E-state index in [0.29, 0.717) is 11.8 Å². The summed E-state index contributed by atoms with van der Waals surface area (Å²) in [7, 11) is 0. The summed E-state index contributed by atoms with van der Waals surface area (Å²) in [6, 6.07) is 49.2. The smallest absolute Gasteiger partial charge is 0.0635 e. The molecule has 0 radical (unpaired) electrons. The van der Waals surface area contributed by atoms with E-state index < -0.39 is 0 Å². The highest BCUT2D eigenvalue weighted by molar-refractivity contribution is 6.25. The molecule has 1 aliphatic heterocycles. The SMILES string of the molecule is CC1C=CC=C(c2cc(-c3ccc4c5ccccc5c5ccccc5c4c3)ccc2Nc2ccc(C3=CC4c5ccccc5NC4(C)C=C3)cc2)C1. The van der Waals surface area contributed by atoms with E-state index in [4.69, 9.17) is 0 Å². The first kappa shape index (κ1) is 30.7. The van der Waals surface area contributed by atoms with Gasteiger partial charge in [-0.1, -0.05) is 140 Å². The summed E-state index contributed by atoms with van der Waals surface area (Å²) in [5.74, 6) is 0.806. The Hall–Kier alpha value is -6.12. The Morgan fingerprint density at radius 1 is 0.654 bits per heavy atom. The number of benzene rings is 7. The van der Waals surface area contributed by atoms with E-state index in [-0.39, 0.29) is 5.54 Å². The standard InChI is InChI=1S/C50H40N2/c1-32-10-9-11-37(28-32)45-29-35(34-20-24-43-41-14-4-3-12-39(41)40-13-5-6-15-42(40)46(43)30-34)21-25-48(45)51-38-22-18-33(19-23-38)36-26-27-50(2)47(31-36)44-16-7-8-17-49(44)52-50/h3-27,29-32,47,51-52H,28H2,1-2H3. The maximum absolute atomic E-state index is 3.81. The lowest BCUT2D eigenvalue weighted by molar-refractivity contribution is 0.597. The zero-order valence-corrected chi connectivity index (χ0v) is 29.5. The Labute approximate surface area is 305 Å². The van der Waals surface area contributed by atoms with Gasteiger partial charge < -0.3 is 10.6 Å². The number of fused-ring (bicyclic) bond motifs is 9. The zero-order chi connectivity index (χ0) is 34.8. The summed E-state index contributed by atoms with van der Waals surface area (Å²) >= 11 is 0. The van der Waals surface area contributed by atoms with Crippen molar-refractivity contribution in [3.8, 4) is 11.1 Å². The molecule has 2 nitrogen and oxygen atoms in total. The topological polar surface area (TPSA) is 24.1 Å². The van der Waals surface area contributed by atoms with E-state index in [1.807, 2.05) is 0 Å². The molecule has 3 atom stereocenters. The van der Waals surface area contributed by atoms with Crippen LogP contribution in [0.15, 0.2) is 170 Å². The number of hydrogen-bond donors (Lipinski definition) is 2. The first-order valence-electron chi connectivity index (χ1n) is 18.5. The van der Waals surface area contributed by atoms with Crippen LogP contribution in [0.25, 0.3) is 54.6 Å². The molecular formula is C50H40N2. The lowest BCUT2D eigenvalue weighted by atomic mass is 9.78. The first-order chi connectivity index (χ1) is 25.5. The molecule has 3 unspecified atom stereocenters. The molecular weight excluding hydrogens is 629 g/mol. The molecule has 52 heavy (non-hydrogen) atoms. The monoisotopic (exact) mass is 668 g/mol. The van der Waals surface area contributed by atoms with Gasteiger partial charge in [0.15, 0.2) is 0 Å². The van der Waals surface area contributed by atoms with Crippen LogP contribution in [0.5, 0.6) is 0 Å². The first-order valence-corrected chi connectivity index (χ1v) is 18.5. The average molecular weight is 669 g/mol. The fraction of sp³-hybridized carbons (Fsp3) is 0.120. The molecule has 2 aliphatic carbocycles. The highest BCUT2D eigenvalue weighted by Crippen LogP contribution is 2.48. The van der Waals surface area contributed by atoms with Gasteiger partial charge in [-0.15, -0.1) is 0 Å². The van der Waals surface area contributed by atoms with Crippen LogP contribution in [-0.2, 0) is 0 Å². The molecule has 0 spiro atoms. The van der Waals surface area contributed by atoms with E-state index in [0.717, 1.165) is 17.8 Å². The molecule has 250 valence electrons. The zero-order valence-electron chi connectivity index (χ0n) is 29.5. The molecule has 0 saturated heterocycles. The predicted molar refractivity (Wildman–Crippen MR) is 223 cm³/mol. The van der Waals surface area contributed by atoms with Crippen molar-refractivity contribution >= 4 is 60.5 Å². The van der Waals surface area contributed by atoms with Crippen molar-refractivity contribution in [1.82, 2.24) is 0 Å². The highest BCUT2D eigenvalue weighted by Gasteiger charge is 2.40. The summed E-state index contributed by atoms with van der Waals surface area (Å²) in [5, 5.41) is 15.4. The van der Waals surface area contributed by atoms with Gasteiger partial charge in [0.25, 0.3) is 0 Å². The Morgan fingerprint density at radius 3 is 2.04 bits per heavy atom. The Bertz CT molecular complexity index is 2650. The van der Waals surface area contributed by atoms with Crippen LogP contribution < -0.4 is 10.6 Å². The highest BCUT2D eigenvalue weighted by atomic mass is 15.0. The fourth-order valence-corrected chi connectivity index (χ4v) is 8.80. The minimum Gasteiger partial charge on any atom is -0.375 e. The summed E-state index contributed by atoms with van der Waals surface area (Å²) < 4.78 is 0. The minimum absolute atomic E-state index is 0.0905. The van der Waals surface area contributed by atoms with Crippen molar-refractivity contribution in [3.63, 3.8) is 0 Å². The molecule has 0 saturated carbocycles. The number of allylic oxidation sites excluding steroid dienone is 6. The van der Waals surface area contributed by atoms with E-state index in [2.05, 4.69) is 194 Å². The summed E-state index contributed by atoms with van der Waals surface area (Å²) in [6.45, 7) is 4.59. The van der Waals surface area contributed by atoms with Gasteiger partial charge in [-0.3, -0.25) is 0 Å². The summed E-state index contributed by atoms with van der Waals surface area (Å²) in [5.41, 5.74) is 12.3. The second kappa shape index (κ2) is 12.0. The van der Waals surface area contributed by atoms with Gasteiger partial charge >= 0.3 is 0 Å². The third-order valence-electron chi connectivity index (χ3n) is 11.5. The van der Waals surface area contributed by atoms with Crippen LogP contribution in [0, 0.1) is 5.92 Å². The lowest BCUT2D eigenvalue weighted by Crippen LogP contribution is -2.34. The van der Waals surface area contributed by atoms with Crippen molar-refractivity contribution in [2.45, 2.75) is 31.7 Å². The van der Waals surface area contributed by atoms with Crippen molar-refractivity contribution in [2.75, 3.05) is 10.6 Å². The van der Waals surface area contributed by atoms with E-state index in [1.165, 1.54) is 77.0 Å². The predicted octanol–water partition coefficient (Wildman–Crippen LogP) is 13.5. The molecule has 7 aromatic rings. The molecule has 0 bridgehead atoms. The van der Waals surface area contributed by atoms with Gasteiger partial charge in [0.2, 0.25) is 0 Å². The normalized spacial score (nSPS) is 20.3. The third kappa shape index (κ3) is 5.09. The van der Waals surface area contributed by atoms with Crippen LogP contribution in [0.3, 0.4) is 0 Å². The van der Waals surface area contributed by atoms with Gasteiger partial charge in [0.1, 0.15) is 0 Å². The van der Waals surface area contributed by atoms with Gasteiger partial charge in [0.05, 0.1) is 5.54 Å². The van der Waals surface area contributed by atoms with Gasteiger partial charge in [-0.25, -0.2) is 0 Å². The number of hydrogen-bond acceptors (Lipinski definition) is 2. The maximum atomic E-state index is 3.81. The molecule has 7 aromatic carbocycles. The van der Waals surface area contributed by atoms with Crippen molar-refractivity contribution < 1.29 is 0 Å². The van der Waals surface area contributed by atoms with Crippen LogP contribution >= 0.6 is 0 Å². The van der Waals surface area contributed by atoms with E-state index in [9.17, 15) is 0 Å². The molecule has 10 rings (SSSR count). The van der Waals surface area contributed by atoms with Crippen LogP contribution in [0.2, 0.25) is 0 Å². The summed E-state index contributed by atoms with van der Waals surface area (Å²) in [6.07, 6.45) is 14.9. The fourth-order valence-electron chi connectivity index (χ4n) is 8.80. The Morgan fingerprint density at radius 2 is 1.29 bits per heavy atom. The largest absolute Gasteiger partial charge is 0.375 e. The molecule has 2 heteroatoms.